The van der Waals surface area contributed by atoms with Crippen LogP contribution in [0.1, 0.15) is 78.6 Å². The molecule has 0 aromatic carbocycles. The maximum Gasteiger partial charge on any atom is 0.227 e. The Morgan fingerprint density at radius 1 is 0.929 bits per heavy atom. The van der Waals surface area contributed by atoms with Crippen LogP contribution in [0, 0.1) is 40.4 Å². The van der Waals surface area contributed by atoms with E-state index >= 15 is 0 Å². The number of rotatable bonds is 2. The maximum atomic E-state index is 12.2. The van der Waals surface area contributed by atoms with Crippen LogP contribution in [0.5, 0.6) is 0 Å². The van der Waals surface area contributed by atoms with E-state index in [-0.39, 0.29) is 71.2 Å². The van der Waals surface area contributed by atoms with E-state index in [4.69, 9.17) is 10.5 Å². The van der Waals surface area contributed by atoms with Crippen LogP contribution in [-0.2, 0) is 63.3 Å². The van der Waals surface area contributed by atoms with Crippen molar-refractivity contribution >= 4 is 11.9 Å². The van der Waals surface area contributed by atoms with Crippen molar-refractivity contribution in [1.29, 1.82) is 0 Å². The molecule has 4 nitrogen and oxygen atoms in total. The van der Waals surface area contributed by atoms with Crippen LogP contribution in [0.25, 0.3) is 5.73 Å². The summed E-state index contributed by atoms with van der Waals surface area (Å²) in [6.45, 7) is 6.71. The van der Waals surface area contributed by atoms with Crippen molar-refractivity contribution in [3.63, 3.8) is 0 Å². The van der Waals surface area contributed by atoms with E-state index in [2.05, 4.69) is 13.8 Å². The summed E-state index contributed by atoms with van der Waals surface area (Å²) in [5, 5.41) is 0. The Balaban J connectivity index is 0.00000140. The van der Waals surface area contributed by atoms with Crippen molar-refractivity contribution in [2.45, 2.75) is 84.7 Å². The van der Waals surface area contributed by atoms with E-state index in [0.29, 0.717) is 17.1 Å². The fraction of sp³-hybridized carbons (Fsp3) is 0.909. The number of nitrogens with one attached hydrogen (secondary N) is 1. The minimum atomic E-state index is -0.873. The van der Waals surface area contributed by atoms with Gasteiger partial charge >= 0.3 is 0 Å². The number of carbonyl (C=O) groups is 2. The number of hydrogen-bond acceptors (Lipinski definition) is 3. The van der Waals surface area contributed by atoms with E-state index in [9.17, 15) is 9.59 Å². The fourth-order valence-electron chi connectivity index (χ4n) is 8.14. The van der Waals surface area contributed by atoms with Gasteiger partial charge in [-0.1, -0.05) is 13.8 Å². The van der Waals surface area contributed by atoms with Gasteiger partial charge in [-0.25, -0.2) is 0 Å². The van der Waals surface area contributed by atoms with Crippen molar-refractivity contribution in [2.75, 3.05) is 0 Å². The molecule has 0 heterocycles. The van der Waals surface area contributed by atoms with E-state index in [0.717, 1.165) is 43.4 Å². The molecule has 4 rings (SSSR count). The molecule has 155 valence electrons. The number of fused-ring (bicyclic) bond motifs is 5. The van der Waals surface area contributed by atoms with E-state index < -0.39 is 6.09 Å². The molecule has 0 aliphatic heterocycles. The maximum absolute atomic E-state index is 12.2. The van der Waals surface area contributed by atoms with E-state index in [1.54, 1.807) is 6.92 Å². The average Bonchev–Trinajstić information content (AvgIpc) is 2.92. The van der Waals surface area contributed by atoms with Crippen LogP contribution < -0.4 is 0 Å². The Morgan fingerprint density at radius 2 is 1.57 bits per heavy atom. The van der Waals surface area contributed by atoms with Crippen LogP contribution in [0.4, 0.5) is 4.79 Å². The second-order valence-corrected chi connectivity index (χ2v) is 10.2. The number of Topliss-reactive ketones (excluding diaryl/α,β-unsaturated/α-hetero) is 1. The molecule has 1 N–H and O–H groups in total. The van der Waals surface area contributed by atoms with Crippen LogP contribution >= 0.6 is 0 Å². The largest absolute Gasteiger partial charge is 0.632 e. The topological polar surface area (TPSA) is 67.2 Å². The summed E-state index contributed by atoms with van der Waals surface area (Å²) in [5.74, 6) is 3.57. The third-order valence-electron chi connectivity index (χ3n) is 9.38. The van der Waals surface area contributed by atoms with Gasteiger partial charge in [0.15, 0.2) is 0 Å². The second-order valence-electron chi connectivity index (χ2n) is 10.2. The number of ether oxygens (including phenoxy) is 1. The standard InChI is InChI=1S/C22H35NO3.W.Y/c1-13(24)17-6-7-18-16-5-4-14-12-15(26-20(23)25)8-10-21(14,2)19(16)9-11-22(17,18)3;;/h14-19H,4-12H2,1-3H3,(H2,23,25);;/p-1/t14-,15+,16-,17+,18-,19-,21-,22+;;/m0../s1. The molecule has 28 heavy (non-hydrogen) atoms. The van der Waals surface area contributed by atoms with Gasteiger partial charge in [0, 0.05) is 59.7 Å². The fourth-order valence-corrected chi connectivity index (χ4v) is 8.14. The molecule has 0 bridgehead atoms. The minimum absolute atomic E-state index is 0. The summed E-state index contributed by atoms with van der Waals surface area (Å²) in [6.07, 6.45) is 9.37. The molecule has 4 aliphatic rings. The third-order valence-corrected chi connectivity index (χ3v) is 9.38. The Hall–Kier alpha value is 0.732. The molecule has 0 spiro atoms. The van der Waals surface area contributed by atoms with Crippen LogP contribution in [0.3, 0.4) is 0 Å². The van der Waals surface area contributed by atoms with Crippen LogP contribution in [-0.4, -0.2) is 18.0 Å². The van der Waals surface area contributed by atoms with Crippen molar-refractivity contribution in [1.82, 2.24) is 0 Å². The number of amides is 1. The molecule has 0 unspecified atom stereocenters. The molecule has 4 fully saturated rings. The number of ketones is 1. The molecule has 4 saturated carbocycles. The molecule has 0 saturated heterocycles. The smallest absolute Gasteiger partial charge is 0.227 e. The van der Waals surface area contributed by atoms with Gasteiger partial charge < -0.3 is 10.5 Å². The molecule has 8 atom stereocenters. The zero-order valence-electron chi connectivity index (χ0n) is 17.5. The monoisotopic (exact) mass is 633 g/mol. The molecule has 0 aromatic heterocycles. The molecule has 1 radical (unpaired) electrons. The van der Waals surface area contributed by atoms with Crippen LogP contribution in [0.2, 0.25) is 0 Å². The first-order chi connectivity index (χ1) is 12.3. The quantitative estimate of drug-likeness (QED) is 0.387. The van der Waals surface area contributed by atoms with Crippen molar-refractivity contribution in [3.05, 3.63) is 5.73 Å². The molecule has 6 heteroatoms. The Kier molecular flexibility index (Phi) is 8.10. The Labute approximate surface area is 209 Å². The molecular formula is C22H34NO3WY-. The molecule has 1 amide bonds. The van der Waals surface area contributed by atoms with Crippen molar-refractivity contribution in [2.24, 2.45) is 40.4 Å². The summed E-state index contributed by atoms with van der Waals surface area (Å²) >= 11 is 0. The summed E-state index contributed by atoms with van der Waals surface area (Å²) in [4.78, 5) is 23.3. The minimum Gasteiger partial charge on any atom is -0.632 e. The number of hydrogen-bond donors (Lipinski definition) is 0. The average molecular weight is 633 g/mol. The van der Waals surface area contributed by atoms with E-state index in [1.807, 2.05) is 0 Å². The first-order valence-corrected chi connectivity index (χ1v) is 10.7. The van der Waals surface area contributed by atoms with Gasteiger partial charge in [-0.15, -0.1) is 0 Å². The Morgan fingerprint density at radius 3 is 2.21 bits per heavy atom. The first-order valence-electron chi connectivity index (χ1n) is 10.7. The normalized spacial score (nSPS) is 46.7. The molecule has 0 aromatic rings. The zero-order chi connectivity index (χ0) is 18.7. The molecule has 4 aliphatic carbocycles. The second kappa shape index (κ2) is 9.07. The first kappa shape index (κ1) is 25.0. The molecular weight excluding hydrogens is 599 g/mol. The zero-order valence-corrected chi connectivity index (χ0v) is 23.3. The van der Waals surface area contributed by atoms with Gasteiger partial charge in [0.1, 0.15) is 11.9 Å². The number of carbonyl (C=O) groups excluding carboxylic acids is 2. The SMILES string of the molecule is CC(=O)[C@H]1CC[C@H]2[C@@H]3CC[C@H]4C[C@H](OC([NH-])=O)CC[C@]4(C)[C@H]3CC[C@]12C.[W].[Y]. The van der Waals surface area contributed by atoms with Gasteiger partial charge in [-0.2, -0.15) is 0 Å². The summed E-state index contributed by atoms with van der Waals surface area (Å²) in [7, 11) is 0. The summed E-state index contributed by atoms with van der Waals surface area (Å²) in [6, 6.07) is 0. The summed E-state index contributed by atoms with van der Waals surface area (Å²) < 4.78 is 5.24. The predicted octanol–water partition coefficient (Wildman–Crippen LogP) is 5.79. The Bertz CT molecular complexity index is 617. The van der Waals surface area contributed by atoms with Gasteiger partial charge in [0.05, 0.1) is 0 Å². The van der Waals surface area contributed by atoms with E-state index in [1.165, 1.54) is 32.1 Å². The van der Waals surface area contributed by atoms with Gasteiger partial charge in [0.25, 0.3) is 0 Å². The summed E-state index contributed by atoms with van der Waals surface area (Å²) in [5.41, 5.74) is 7.69. The third kappa shape index (κ3) is 3.97. The van der Waals surface area contributed by atoms with Crippen LogP contribution in [0.15, 0.2) is 0 Å². The predicted molar refractivity (Wildman–Crippen MR) is 100 cm³/mol. The van der Waals surface area contributed by atoms with Gasteiger partial charge in [-0.05, 0) is 99.2 Å². The van der Waals surface area contributed by atoms with Gasteiger partial charge in [0.2, 0.25) is 6.09 Å². The van der Waals surface area contributed by atoms with Crippen molar-refractivity contribution in [3.8, 4) is 0 Å². The van der Waals surface area contributed by atoms with Crippen molar-refractivity contribution < 1.29 is 68.1 Å². The van der Waals surface area contributed by atoms with Gasteiger partial charge in [-0.3, -0.25) is 9.59 Å².